The predicted molar refractivity (Wildman–Crippen MR) is 54.2 cm³/mol. The first kappa shape index (κ1) is 8.61. The lowest BCUT2D eigenvalue weighted by Crippen LogP contribution is -1.97. The first-order valence-corrected chi connectivity index (χ1v) is 5.13. The van der Waals surface area contributed by atoms with E-state index in [0.717, 1.165) is 24.7 Å². The van der Waals surface area contributed by atoms with Crippen molar-refractivity contribution in [2.75, 3.05) is 6.61 Å². The molecule has 70 valence electrons. The fourth-order valence-electron chi connectivity index (χ4n) is 1.56. The summed E-state index contributed by atoms with van der Waals surface area (Å²) in [6.07, 6.45) is 3.76. The van der Waals surface area contributed by atoms with Crippen molar-refractivity contribution in [3.05, 3.63) is 29.8 Å². The molecule has 2 rings (SSSR count). The quantitative estimate of drug-likeness (QED) is 0.683. The van der Waals surface area contributed by atoms with Crippen molar-refractivity contribution in [1.29, 1.82) is 0 Å². The summed E-state index contributed by atoms with van der Waals surface area (Å²) in [5, 5.41) is 0. The summed E-state index contributed by atoms with van der Waals surface area (Å²) in [7, 11) is 0. The number of ether oxygens (including phenoxy) is 1. The van der Waals surface area contributed by atoms with Gasteiger partial charge in [-0.3, -0.25) is 0 Å². The summed E-state index contributed by atoms with van der Waals surface area (Å²) < 4.78 is 5.69. The third-order valence-electron chi connectivity index (χ3n) is 2.40. The highest BCUT2D eigenvalue weighted by Crippen LogP contribution is 2.44. The summed E-state index contributed by atoms with van der Waals surface area (Å²) in [5.74, 6) is 1.89. The molecule has 0 spiro atoms. The molecule has 0 atom stereocenters. The van der Waals surface area contributed by atoms with Crippen LogP contribution in [0.1, 0.15) is 37.7 Å². The Bertz CT molecular complexity index is 276. The standard InChI is InChI=1S/C12H16O/c1-2-9-13-12-6-4-3-5-11(12)10-7-8-10/h3-6,10H,2,7-9H2,1H3. The Balaban J connectivity index is 2.12. The molecular formula is C12H16O. The number of benzene rings is 1. The summed E-state index contributed by atoms with van der Waals surface area (Å²) in [5.41, 5.74) is 1.41. The molecule has 0 heterocycles. The molecule has 0 aliphatic heterocycles. The van der Waals surface area contributed by atoms with Crippen molar-refractivity contribution in [3.63, 3.8) is 0 Å². The van der Waals surface area contributed by atoms with E-state index in [2.05, 4.69) is 31.2 Å². The number of rotatable bonds is 4. The van der Waals surface area contributed by atoms with E-state index in [4.69, 9.17) is 4.74 Å². The number of para-hydroxylation sites is 1. The van der Waals surface area contributed by atoms with Crippen LogP contribution in [0.2, 0.25) is 0 Å². The van der Waals surface area contributed by atoms with Crippen LogP contribution < -0.4 is 4.74 Å². The van der Waals surface area contributed by atoms with Gasteiger partial charge in [0.2, 0.25) is 0 Å². The highest BCUT2D eigenvalue weighted by Gasteiger charge is 2.26. The lowest BCUT2D eigenvalue weighted by atomic mass is 10.1. The third kappa shape index (κ3) is 2.03. The van der Waals surface area contributed by atoms with Crippen molar-refractivity contribution >= 4 is 0 Å². The zero-order valence-electron chi connectivity index (χ0n) is 8.12. The Hall–Kier alpha value is -0.980. The van der Waals surface area contributed by atoms with Crippen LogP contribution in [0.4, 0.5) is 0 Å². The molecule has 0 N–H and O–H groups in total. The average molecular weight is 176 g/mol. The van der Waals surface area contributed by atoms with E-state index in [1.54, 1.807) is 0 Å². The SMILES string of the molecule is CCCOc1ccccc1C1CC1. The highest BCUT2D eigenvalue weighted by atomic mass is 16.5. The fraction of sp³-hybridized carbons (Fsp3) is 0.500. The molecule has 0 saturated heterocycles. The summed E-state index contributed by atoms with van der Waals surface area (Å²) in [4.78, 5) is 0. The molecule has 0 aromatic heterocycles. The van der Waals surface area contributed by atoms with Crippen molar-refractivity contribution in [1.82, 2.24) is 0 Å². The maximum absolute atomic E-state index is 5.69. The van der Waals surface area contributed by atoms with E-state index in [0.29, 0.717) is 0 Å². The lowest BCUT2D eigenvalue weighted by molar-refractivity contribution is 0.314. The maximum Gasteiger partial charge on any atom is 0.122 e. The van der Waals surface area contributed by atoms with Gasteiger partial charge in [0, 0.05) is 0 Å². The van der Waals surface area contributed by atoms with Gasteiger partial charge in [-0.2, -0.15) is 0 Å². The Labute approximate surface area is 79.7 Å². The molecule has 1 heteroatoms. The normalized spacial score (nSPS) is 15.8. The van der Waals surface area contributed by atoms with Crippen LogP contribution in [0.5, 0.6) is 5.75 Å². The molecular weight excluding hydrogens is 160 g/mol. The monoisotopic (exact) mass is 176 g/mol. The molecule has 1 aromatic carbocycles. The van der Waals surface area contributed by atoms with E-state index in [1.165, 1.54) is 18.4 Å². The van der Waals surface area contributed by atoms with Crippen molar-refractivity contribution in [3.8, 4) is 5.75 Å². The molecule has 0 bridgehead atoms. The second-order valence-corrected chi connectivity index (χ2v) is 3.66. The fourth-order valence-corrected chi connectivity index (χ4v) is 1.56. The minimum absolute atomic E-state index is 0.785. The van der Waals surface area contributed by atoms with E-state index < -0.39 is 0 Å². The van der Waals surface area contributed by atoms with Crippen LogP contribution in [-0.4, -0.2) is 6.61 Å². The van der Waals surface area contributed by atoms with Gasteiger partial charge in [-0.25, -0.2) is 0 Å². The molecule has 1 saturated carbocycles. The molecule has 1 nitrogen and oxygen atoms in total. The van der Waals surface area contributed by atoms with Crippen molar-refractivity contribution < 1.29 is 4.74 Å². The summed E-state index contributed by atoms with van der Waals surface area (Å²) >= 11 is 0. The zero-order valence-corrected chi connectivity index (χ0v) is 8.12. The van der Waals surface area contributed by atoms with Gasteiger partial charge in [0.15, 0.2) is 0 Å². The van der Waals surface area contributed by atoms with E-state index in [-0.39, 0.29) is 0 Å². The zero-order chi connectivity index (χ0) is 9.10. The first-order chi connectivity index (χ1) is 6.42. The smallest absolute Gasteiger partial charge is 0.122 e. The van der Waals surface area contributed by atoms with Gasteiger partial charge in [-0.05, 0) is 36.8 Å². The maximum atomic E-state index is 5.69. The van der Waals surface area contributed by atoms with Crippen LogP contribution in [0.25, 0.3) is 0 Å². The van der Waals surface area contributed by atoms with E-state index in [9.17, 15) is 0 Å². The van der Waals surface area contributed by atoms with Crippen LogP contribution in [0.3, 0.4) is 0 Å². The first-order valence-electron chi connectivity index (χ1n) is 5.13. The van der Waals surface area contributed by atoms with Gasteiger partial charge < -0.3 is 4.74 Å². The largest absolute Gasteiger partial charge is 0.493 e. The Morgan fingerprint density at radius 3 is 2.77 bits per heavy atom. The second-order valence-electron chi connectivity index (χ2n) is 3.66. The summed E-state index contributed by atoms with van der Waals surface area (Å²) in [6, 6.07) is 8.44. The number of hydrogen-bond acceptors (Lipinski definition) is 1. The van der Waals surface area contributed by atoms with Gasteiger partial charge in [0.05, 0.1) is 6.61 Å². The molecule has 0 amide bonds. The van der Waals surface area contributed by atoms with Crippen LogP contribution >= 0.6 is 0 Å². The van der Waals surface area contributed by atoms with Gasteiger partial charge in [-0.15, -0.1) is 0 Å². The van der Waals surface area contributed by atoms with Gasteiger partial charge >= 0.3 is 0 Å². The minimum atomic E-state index is 0.785. The molecule has 0 radical (unpaired) electrons. The van der Waals surface area contributed by atoms with E-state index >= 15 is 0 Å². The minimum Gasteiger partial charge on any atom is -0.493 e. The van der Waals surface area contributed by atoms with Gasteiger partial charge in [-0.1, -0.05) is 25.1 Å². The van der Waals surface area contributed by atoms with Gasteiger partial charge in [0.1, 0.15) is 5.75 Å². The molecule has 1 aliphatic carbocycles. The Morgan fingerprint density at radius 1 is 1.31 bits per heavy atom. The number of hydrogen-bond donors (Lipinski definition) is 0. The topological polar surface area (TPSA) is 9.23 Å². The molecule has 1 fully saturated rings. The molecule has 13 heavy (non-hydrogen) atoms. The second kappa shape index (κ2) is 3.82. The van der Waals surface area contributed by atoms with E-state index in [1.807, 2.05) is 0 Å². The third-order valence-corrected chi connectivity index (χ3v) is 2.40. The highest BCUT2D eigenvalue weighted by molar-refractivity contribution is 5.38. The van der Waals surface area contributed by atoms with Crippen LogP contribution in [0.15, 0.2) is 24.3 Å². The lowest BCUT2D eigenvalue weighted by Gasteiger charge is -2.09. The Kier molecular flexibility index (Phi) is 2.53. The summed E-state index contributed by atoms with van der Waals surface area (Å²) in [6.45, 7) is 2.98. The molecule has 0 unspecified atom stereocenters. The average Bonchev–Trinajstić information content (AvgIpc) is 2.98. The molecule has 1 aliphatic rings. The Morgan fingerprint density at radius 2 is 2.08 bits per heavy atom. The van der Waals surface area contributed by atoms with Crippen molar-refractivity contribution in [2.45, 2.75) is 32.1 Å². The van der Waals surface area contributed by atoms with Crippen molar-refractivity contribution in [2.24, 2.45) is 0 Å². The predicted octanol–water partition coefficient (Wildman–Crippen LogP) is 3.35. The van der Waals surface area contributed by atoms with Crippen LogP contribution in [0, 0.1) is 0 Å². The van der Waals surface area contributed by atoms with Crippen LogP contribution in [-0.2, 0) is 0 Å². The molecule has 1 aromatic rings. The van der Waals surface area contributed by atoms with Gasteiger partial charge in [0.25, 0.3) is 0 Å².